The number of halogens is 1. The minimum Gasteiger partial charge on any atom is -0.462 e. The Balaban J connectivity index is 1.95. The van der Waals surface area contributed by atoms with Crippen molar-refractivity contribution in [2.24, 2.45) is 0 Å². The van der Waals surface area contributed by atoms with Gasteiger partial charge in [-0.2, -0.15) is 5.10 Å². The molecule has 1 saturated carbocycles. The number of fused-ring (bicyclic) bond motifs is 1. The van der Waals surface area contributed by atoms with Crippen LogP contribution in [-0.4, -0.2) is 27.3 Å². The highest BCUT2D eigenvalue weighted by Crippen LogP contribution is 2.44. The van der Waals surface area contributed by atoms with Crippen molar-refractivity contribution in [3.05, 3.63) is 52.9 Å². The molecule has 5 nitrogen and oxygen atoms in total. The summed E-state index contributed by atoms with van der Waals surface area (Å²) in [7, 11) is 0. The van der Waals surface area contributed by atoms with E-state index in [-0.39, 0.29) is 5.97 Å². The first-order valence-corrected chi connectivity index (χ1v) is 8.37. The van der Waals surface area contributed by atoms with Crippen LogP contribution in [0.2, 0.25) is 5.02 Å². The molecule has 2 aromatic heterocycles. The van der Waals surface area contributed by atoms with Gasteiger partial charge in [-0.25, -0.2) is 9.48 Å². The van der Waals surface area contributed by atoms with E-state index in [9.17, 15) is 4.79 Å². The van der Waals surface area contributed by atoms with Crippen LogP contribution in [0, 0.1) is 0 Å². The predicted octanol–water partition coefficient (Wildman–Crippen LogP) is 4.13. The summed E-state index contributed by atoms with van der Waals surface area (Å²) in [4.78, 5) is 16.6. The molecule has 6 heteroatoms. The van der Waals surface area contributed by atoms with Crippen LogP contribution in [-0.2, 0) is 4.74 Å². The second kappa shape index (κ2) is 5.91. The molecule has 1 aromatic carbocycles. The van der Waals surface area contributed by atoms with Gasteiger partial charge in [-0.1, -0.05) is 11.6 Å². The van der Waals surface area contributed by atoms with Crippen LogP contribution < -0.4 is 0 Å². The minimum absolute atomic E-state index is 0.315. The second-order valence-electron chi connectivity index (χ2n) is 5.82. The van der Waals surface area contributed by atoms with E-state index in [4.69, 9.17) is 16.3 Å². The van der Waals surface area contributed by atoms with Crippen LogP contribution >= 0.6 is 11.6 Å². The van der Waals surface area contributed by atoms with Crippen molar-refractivity contribution in [1.29, 1.82) is 0 Å². The summed E-state index contributed by atoms with van der Waals surface area (Å²) in [5.41, 5.74) is 3.01. The molecule has 0 radical (unpaired) electrons. The van der Waals surface area contributed by atoms with Gasteiger partial charge in [-0.05, 0) is 44.0 Å². The Kier molecular flexibility index (Phi) is 3.73. The number of nitrogens with zero attached hydrogens (tertiary/aromatic N) is 3. The predicted molar refractivity (Wildman–Crippen MR) is 91.8 cm³/mol. The molecule has 0 amide bonds. The topological polar surface area (TPSA) is 57.0 Å². The van der Waals surface area contributed by atoms with E-state index in [1.807, 2.05) is 24.3 Å². The molecule has 1 aliphatic carbocycles. The molecule has 0 aliphatic heterocycles. The normalized spacial score (nSPS) is 14.1. The lowest BCUT2D eigenvalue weighted by Gasteiger charge is -2.13. The molecule has 0 atom stereocenters. The fourth-order valence-corrected chi connectivity index (χ4v) is 3.22. The van der Waals surface area contributed by atoms with Gasteiger partial charge >= 0.3 is 5.97 Å². The summed E-state index contributed by atoms with van der Waals surface area (Å²) in [6.07, 6.45) is 5.41. The lowest BCUT2D eigenvalue weighted by Crippen LogP contribution is -2.09. The summed E-state index contributed by atoms with van der Waals surface area (Å²) < 4.78 is 6.96. The van der Waals surface area contributed by atoms with Crippen molar-refractivity contribution in [3.8, 4) is 5.69 Å². The van der Waals surface area contributed by atoms with Gasteiger partial charge in [0.05, 0.1) is 34.7 Å². The van der Waals surface area contributed by atoms with E-state index in [1.165, 1.54) is 0 Å². The van der Waals surface area contributed by atoms with E-state index in [0.717, 1.165) is 35.1 Å². The number of pyridine rings is 1. The highest BCUT2D eigenvalue weighted by atomic mass is 35.5. The number of ether oxygens (including phenoxy) is 1. The number of carbonyl (C=O) groups excluding carboxylic acids is 1. The molecule has 0 spiro atoms. The third kappa shape index (κ3) is 2.45. The van der Waals surface area contributed by atoms with Gasteiger partial charge in [-0.15, -0.1) is 0 Å². The Morgan fingerprint density at radius 1 is 1.38 bits per heavy atom. The van der Waals surface area contributed by atoms with Gasteiger partial charge in [0.1, 0.15) is 5.56 Å². The number of esters is 1. The van der Waals surface area contributed by atoms with Crippen molar-refractivity contribution < 1.29 is 9.53 Å². The maximum absolute atomic E-state index is 12.3. The lowest BCUT2D eigenvalue weighted by atomic mass is 10.1. The van der Waals surface area contributed by atoms with Crippen LogP contribution in [0.25, 0.3) is 16.6 Å². The number of hydrogen-bond acceptors (Lipinski definition) is 4. The van der Waals surface area contributed by atoms with Gasteiger partial charge in [0.25, 0.3) is 0 Å². The smallest absolute Gasteiger partial charge is 0.341 e. The van der Waals surface area contributed by atoms with Crippen LogP contribution in [0.15, 0.2) is 36.7 Å². The van der Waals surface area contributed by atoms with Crippen LogP contribution in [0.4, 0.5) is 0 Å². The molecule has 0 saturated heterocycles. The average Bonchev–Trinajstić information content (AvgIpc) is 3.34. The molecule has 24 heavy (non-hydrogen) atoms. The summed E-state index contributed by atoms with van der Waals surface area (Å²) in [5, 5.41) is 5.95. The molecule has 0 unspecified atom stereocenters. The van der Waals surface area contributed by atoms with Gasteiger partial charge < -0.3 is 4.74 Å². The van der Waals surface area contributed by atoms with E-state index >= 15 is 0 Å². The number of hydrogen-bond donors (Lipinski definition) is 0. The largest absolute Gasteiger partial charge is 0.462 e. The third-order valence-electron chi connectivity index (χ3n) is 4.19. The molecule has 122 valence electrons. The summed E-state index contributed by atoms with van der Waals surface area (Å²) in [5.74, 6) is -0.0185. The Hall–Kier alpha value is -2.40. The second-order valence-corrected chi connectivity index (χ2v) is 6.22. The maximum Gasteiger partial charge on any atom is 0.341 e. The van der Waals surface area contributed by atoms with Crippen LogP contribution in [0.1, 0.15) is 41.7 Å². The van der Waals surface area contributed by atoms with Gasteiger partial charge in [0, 0.05) is 17.5 Å². The first-order valence-electron chi connectivity index (χ1n) is 7.99. The zero-order valence-corrected chi connectivity index (χ0v) is 14.0. The SMILES string of the molecule is CCOC(=O)c1cnn(-c2c(Cl)ccc3ncccc23)c1C1CC1. The fourth-order valence-electron chi connectivity index (χ4n) is 2.98. The Bertz CT molecular complexity index is 931. The van der Waals surface area contributed by atoms with Crippen molar-refractivity contribution in [2.75, 3.05) is 6.61 Å². The summed E-state index contributed by atoms with van der Waals surface area (Å²) in [6, 6.07) is 7.53. The van der Waals surface area contributed by atoms with Crippen LogP contribution in [0.5, 0.6) is 0 Å². The molecule has 2 heterocycles. The minimum atomic E-state index is -0.333. The highest BCUT2D eigenvalue weighted by molar-refractivity contribution is 6.33. The maximum atomic E-state index is 12.3. The Morgan fingerprint density at radius 3 is 2.96 bits per heavy atom. The standard InChI is InChI=1S/C18H16ClN3O2/c1-2-24-18(23)13-10-21-22(16(13)11-5-6-11)17-12-4-3-9-20-15(12)8-7-14(17)19/h3-4,7-11H,2,5-6H2,1H3. The first kappa shape index (κ1) is 15.1. The number of benzene rings is 1. The molecule has 1 aliphatic rings. The number of rotatable bonds is 4. The average molecular weight is 342 g/mol. The molecular formula is C18H16ClN3O2. The summed E-state index contributed by atoms with van der Waals surface area (Å²) in [6.45, 7) is 2.14. The van der Waals surface area contributed by atoms with Gasteiger partial charge in [0.15, 0.2) is 0 Å². The number of carbonyl (C=O) groups is 1. The van der Waals surface area contributed by atoms with Gasteiger partial charge in [0.2, 0.25) is 0 Å². The molecule has 0 bridgehead atoms. The van der Waals surface area contributed by atoms with E-state index in [0.29, 0.717) is 23.1 Å². The van der Waals surface area contributed by atoms with Crippen molar-refractivity contribution in [2.45, 2.75) is 25.7 Å². The van der Waals surface area contributed by atoms with Gasteiger partial charge in [-0.3, -0.25) is 4.98 Å². The molecule has 4 rings (SSSR count). The first-order chi connectivity index (χ1) is 11.7. The Morgan fingerprint density at radius 2 is 2.21 bits per heavy atom. The third-order valence-corrected chi connectivity index (χ3v) is 4.49. The molecule has 3 aromatic rings. The zero-order chi connectivity index (χ0) is 16.7. The molecule has 0 N–H and O–H groups in total. The Labute approximate surface area is 144 Å². The zero-order valence-electron chi connectivity index (χ0n) is 13.2. The van der Waals surface area contributed by atoms with Crippen molar-refractivity contribution >= 4 is 28.5 Å². The molecular weight excluding hydrogens is 326 g/mol. The van der Waals surface area contributed by atoms with Crippen LogP contribution in [0.3, 0.4) is 0 Å². The molecule has 1 fully saturated rings. The number of aromatic nitrogens is 3. The van der Waals surface area contributed by atoms with Crippen molar-refractivity contribution in [1.82, 2.24) is 14.8 Å². The van der Waals surface area contributed by atoms with E-state index in [2.05, 4.69) is 10.1 Å². The highest BCUT2D eigenvalue weighted by Gasteiger charge is 2.34. The quantitative estimate of drug-likeness (QED) is 0.669. The summed E-state index contributed by atoms with van der Waals surface area (Å²) >= 11 is 6.48. The fraction of sp³-hybridized carbons (Fsp3) is 0.278. The van der Waals surface area contributed by atoms with Crippen molar-refractivity contribution in [3.63, 3.8) is 0 Å². The lowest BCUT2D eigenvalue weighted by molar-refractivity contribution is 0.0525. The van der Waals surface area contributed by atoms with E-state index < -0.39 is 0 Å². The monoisotopic (exact) mass is 341 g/mol. The van der Waals surface area contributed by atoms with E-state index in [1.54, 1.807) is 24.0 Å².